The number of ether oxygens (including phenoxy) is 2. The van der Waals surface area contributed by atoms with E-state index in [-0.39, 0.29) is 18.2 Å². The van der Waals surface area contributed by atoms with Crippen molar-refractivity contribution in [2.75, 3.05) is 19.1 Å². The quantitative estimate of drug-likeness (QED) is 0.606. The molecule has 4 rings (SSSR count). The van der Waals surface area contributed by atoms with E-state index < -0.39 is 12.0 Å². The van der Waals surface area contributed by atoms with Crippen molar-refractivity contribution in [1.82, 2.24) is 5.32 Å². The van der Waals surface area contributed by atoms with Crippen molar-refractivity contribution < 1.29 is 23.5 Å². The summed E-state index contributed by atoms with van der Waals surface area (Å²) in [6, 6.07) is 18.0. The third-order valence-electron chi connectivity index (χ3n) is 5.76. The van der Waals surface area contributed by atoms with Crippen LogP contribution in [0.4, 0.5) is 5.69 Å². The van der Waals surface area contributed by atoms with Gasteiger partial charge in [-0.25, -0.2) is 0 Å². The van der Waals surface area contributed by atoms with E-state index in [0.717, 1.165) is 11.3 Å². The number of furan rings is 1. The lowest BCUT2D eigenvalue weighted by Crippen LogP contribution is -2.48. The molecule has 3 aromatic rings. The summed E-state index contributed by atoms with van der Waals surface area (Å²) in [5.41, 5.74) is 1.59. The Morgan fingerprint density at radius 3 is 2.28 bits per heavy atom. The maximum absolute atomic E-state index is 13.2. The highest BCUT2D eigenvalue weighted by atomic mass is 16.5. The first kappa shape index (κ1) is 21.5. The Hall–Kier alpha value is -3.74. The summed E-state index contributed by atoms with van der Waals surface area (Å²) >= 11 is 0. The first-order chi connectivity index (χ1) is 15.6. The van der Waals surface area contributed by atoms with Gasteiger partial charge in [-0.05, 0) is 60.5 Å². The van der Waals surface area contributed by atoms with Crippen LogP contribution in [0.15, 0.2) is 71.3 Å². The van der Waals surface area contributed by atoms with Gasteiger partial charge in [-0.1, -0.05) is 12.1 Å². The zero-order chi connectivity index (χ0) is 22.5. The van der Waals surface area contributed by atoms with Crippen molar-refractivity contribution in [3.63, 3.8) is 0 Å². The second kappa shape index (κ2) is 9.60. The van der Waals surface area contributed by atoms with Gasteiger partial charge in [0, 0.05) is 12.1 Å². The van der Waals surface area contributed by atoms with E-state index in [1.165, 1.54) is 0 Å². The summed E-state index contributed by atoms with van der Waals surface area (Å²) in [6.07, 6.45) is 2.33. The van der Waals surface area contributed by atoms with Gasteiger partial charge in [-0.3, -0.25) is 9.59 Å². The van der Waals surface area contributed by atoms with E-state index in [9.17, 15) is 9.59 Å². The molecular formula is C25H26N2O5. The van der Waals surface area contributed by atoms with E-state index in [1.807, 2.05) is 54.6 Å². The van der Waals surface area contributed by atoms with Gasteiger partial charge in [0.05, 0.1) is 39.0 Å². The monoisotopic (exact) mass is 434 g/mol. The number of rotatable bonds is 7. The van der Waals surface area contributed by atoms with Crippen LogP contribution in [0.5, 0.6) is 11.5 Å². The van der Waals surface area contributed by atoms with Gasteiger partial charge in [-0.15, -0.1) is 0 Å². The summed E-state index contributed by atoms with van der Waals surface area (Å²) < 4.78 is 15.9. The van der Waals surface area contributed by atoms with E-state index in [1.54, 1.807) is 31.4 Å². The SMILES string of the molecule is COc1ccc([C@H]2[C@@H](C(=O)NCc3ccco3)CCC(=O)N2c2ccc(OC)cc2)cc1. The number of carbonyl (C=O) groups is 2. The number of hydrogen-bond donors (Lipinski definition) is 1. The molecule has 32 heavy (non-hydrogen) atoms. The normalized spacial score (nSPS) is 18.3. The van der Waals surface area contributed by atoms with E-state index in [0.29, 0.717) is 30.2 Å². The van der Waals surface area contributed by atoms with Crippen LogP contribution in [0, 0.1) is 5.92 Å². The van der Waals surface area contributed by atoms with Crippen molar-refractivity contribution in [2.24, 2.45) is 5.92 Å². The second-order valence-corrected chi connectivity index (χ2v) is 7.62. The lowest BCUT2D eigenvalue weighted by Gasteiger charge is -2.41. The fourth-order valence-electron chi connectivity index (χ4n) is 4.12. The zero-order valence-electron chi connectivity index (χ0n) is 18.1. The van der Waals surface area contributed by atoms with E-state index >= 15 is 0 Å². The average Bonchev–Trinajstić information content (AvgIpc) is 3.36. The molecule has 2 heterocycles. The lowest BCUT2D eigenvalue weighted by molar-refractivity contribution is -0.129. The standard InChI is InChI=1S/C25H26N2O5/c1-30-19-9-5-17(6-10-19)24-22(25(29)26-16-21-4-3-15-32-21)13-14-23(28)27(24)18-7-11-20(31-2)12-8-18/h3-12,15,22,24H,13-14,16H2,1-2H3,(H,26,29)/t22-,24-/m0/s1. The van der Waals surface area contributed by atoms with Gasteiger partial charge in [-0.2, -0.15) is 0 Å². The maximum atomic E-state index is 13.2. The summed E-state index contributed by atoms with van der Waals surface area (Å²) in [6.45, 7) is 0.300. The maximum Gasteiger partial charge on any atom is 0.227 e. The number of benzene rings is 2. The number of amides is 2. The molecule has 1 saturated heterocycles. The van der Waals surface area contributed by atoms with Crippen LogP contribution in [0.3, 0.4) is 0 Å². The number of methoxy groups -OCH3 is 2. The molecule has 2 atom stereocenters. The van der Waals surface area contributed by atoms with Crippen LogP contribution < -0.4 is 19.7 Å². The number of nitrogens with one attached hydrogen (secondary N) is 1. The summed E-state index contributed by atoms with van der Waals surface area (Å²) in [7, 11) is 3.20. The molecule has 0 unspecified atom stereocenters. The zero-order valence-corrected chi connectivity index (χ0v) is 18.1. The third kappa shape index (κ3) is 4.46. The smallest absolute Gasteiger partial charge is 0.227 e. The molecule has 0 bridgehead atoms. The van der Waals surface area contributed by atoms with Crippen LogP contribution in [-0.4, -0.2) is 26.0 Å². The van der Waals surface area contributed by atoms with Gasteiger partial charge >= 0.3 is 0 Å². The predicted molar refractivity (Wildman–Crippen MR) is 119 cm³/mol. The first-order valence-electron chi connectivity index (χ1n) is 10.5. The summed E-state index contributed by atoms with van der Waals surface area (Å²) in [5.74, 6) is 1.54. The minimum Gasteiger partial charge on any atom is -0.497 e. The van der Waals surface area contributed by atoms with Gasteiger partial charge < -0.3 is 24.1 Å². The number of anilines is 1. The minimum absolute atomic E-state index is 0.0222. The van der Waals surface area contributed by atoms with Crippen LogP contribution in [-0.2, 0) is 16.1 Å². The Bertz CT molecular complexity index is 1040. The van der Waals surface area contributed by atoms with Crippen molar-refractivity contribution in [3.8, 4) is 11.5 Å². The molecule has 2 aromatic carbocycles. The Balaban J connectivity index is 1.68. The fraction of sp³-hybridized carbons (Fsp3) is 0.280. The molecule has 0 aliphatic carbocycles. The Morgan fingerprint density at radius 2 is 1.69 bits per heavy atom. The highest BCUT2D eigenvalue weighted by molar-refractivity contribution is 5.97. The van der Waals surface area contributed by atoms with Crippen LogP contribution >= 0.6 is 0 Å². The van der Waals surface area contributed by atoms with Crippen molar-refractivity contribution in [2.45, 2.75) is 25.4 Å². The van der Waals surface area contributed by atoms with E-state index in [2.05, 4.69) is 5.32 Å². The predicted octanol–water partition coefficient (Wildman–Crippen LogP) is 4.10. The molecule has 2 amide bonds. The molecule has 1 fully saturated rings. The van der Waals surface area contributed by atoms with Crippen LogP contribution in [0.1, 0.15) is 30.2 Å². The summed E-state index contributed by atoms with van der Waals surface area (Å²) in [5, 5.41) is 2.97. The number of carbonyl (C=O) groups excluding carboxylic acids is 2. The number of nitrogens with zero attached hydrogens (tertiary/aromatic N) is 1. The highest BCUT2D eigenvalue weighted by Crippen LogP contribution is 2.41. The molecule has 0 spiro atoms. The molecule has 1 N–H and O–H groups in total. The molecule has 0 saturated carbocycles. The first-order valence-corrected chi connectivity index (χ1v) is 10.5. The van der Waals surface area contributed by atoms with Crippen molar-refractivity contribution in [1.29, 1.82) is 0 Å². The molecule has 7 nitrogen and oxygen atoms in total. The van der Waals surface area contributed by atoms with E-state index in [4.69, 9.17) is 13.9 Å². The number of piperidine rings is 1. The van der Waals surface area contributed by atoms with Gasteiger partial charge in [0.1, 0.15) is 17.3 Å². The summed E-state index contributed by atoms with van der Waals surface area (Å²) in [4.78, 5) is 28.1. The van der Waals surface area contributed by atoms with Crippen LogP contribution in [0.2, 0.25) is 0 Å². The highest BCUT2D eigenvalue weighted by Gasteiger charge is 2.41. The third-order valence-corrected chi connectivity index (χ3v) is 5.76. The van der Waals surface area contributed by atoms with Crippen LogP contribution in [0.25, 0.3) is 0 Å². The molecule has 1 aromatic heterocycles. The Labute approximate surface area is 186 Å². The van der Waals surface area contributed by atoms with Crippen molar-refractivity contribution in [3.05, 3.63) is 78.3 Å². The lowest BCUT2D eigenvalue weighted by atomic mass is 9.83. The molecular weight excluding hydrogens is 408 g/mol. The number of hydrogen-bond acceptors (Lipinski definition) is 5. The molecule has 0 radical (unpaired) electrons. The Morgan fingerprint density at radius 1 is 1.03 bits per heavy atom. The fourth-order valence-corrected chi connectivity index (χ4v) is 4.12. The second-order valence-electron chi connectivity index (χ2n) is 7.62. The molecule has 166 valence electrons. The molecule has 1 aliphatic rings. The largest absolute Gasteiger partial charge is 0.497 e. The molecule has 1 aliphatic heterocycles. The van der Waals surface area contributed by atoms with Gasteiger partial charge in [0.2, 0.25) is 11.8 Å². The average molecular weight is 434 g/mol. The topological polar surface area (TPSA) is 81.0 Å². The minimum atomic E-state index is -0.452. The van der Waals surface area contributed by atoms with Gasteiger partial charge in [0.15, 0.2) is 0 Å². The van der Waals surface area contributed by atoms with Gasteiger partial charge in [0.25, 0.3) is 0 Å². The Kier molecular flexibility index (Phi) is 6.44. The molecule has 7 heteroatoms. The van der Waals surface area contributed by atoms with Crippen molar-refractivity contribution >= 4 is 17.5 Å².